The van der Waals surface area contributed by atoms with Gasteiger partial charge < -0.3 is 14.8 Å². The molecule has 0 bridgehead atoms. The molecular weight excluding hydrogens is 270 g/mol. The number of rotatable bonds is 4. The monoisotopic (exact) mass is 291 g/mol. The molecule has 1 saturated carbocycles. The second-order valence-corrected chi connectivity index (χ2v) is 5.30. The third-order valence-electron chi connectivity index (χ3n) is 3.49. The quantitative estimate of drug-likeness (QED) is 0.866. The first-order chi connectivity index (χ1) is 10.1. The fourth-order valence-electron chi connectivity index (χ4n) is 2.55. The Kier molecular flexibility index (Phi) is 5.60. The van der Waals surface area contributed by atoms with Gasteiger partial charge in [-0.15, -0.1) is 0 Å². The fourth-order valence-corrected chi connectivity index (χ4v) is 2.55. The van der Waals surface area contributed by atoms with Crippen LogP contribution < -0.4 is 5.32 Å². The van der Waals surface area contributed by atoms with Crippen molar-refractivity contribution in [2.45, 2.75) is 51.4 Å². The van der Waals surface area contributed by atoms with Gasteiger partial charge in [-0.25, -0.2) is 4.79 Å². The molecule has 0 unspecified atom stereocenters. The molecule has 1 aliphatic carbocycles. The molecule has 0 radical (unpaired) electrons. The van der Waals surface area contributed by atoms with Crippen LogP contribution in [0.2, 0.25) is 0 Å². The molecule has 0 saturated heterocycles. The van der Waals surface area contributed by atoms with Crippen molar-refractivity contribution in [1.82, 2.24) is 5.32 Å². The molecular formula is C16H21NO4. The zero-order valence-electron chi connectivity index (χ0n) is 12.2. The first-order valence-corrected chi connectivity index (χ1v) is 7.28. The first-order valence-electron chi connectivity index (χ1n) is 7.28. The van der Waals surface area contributed by atoms with E-state index in [-0.39, 0.29) is 24.7 Å². The molecule has 1 fully saturated rings. The number of esters is 1. The number of alkyl carbamates (subject to hydrolysis) is 1. The summed E-state index contributed by atoms with van der Waals surface area (Å²) in [6, 6.07) is 9.55. The molecule has 0 heterocycles. The summed E-state index contributed by atoms with van der Waals surface area (Å²) in [7, 11) is 0. The van der Waals surface area contributed by atoms with Crippen molar-refractivity contribution in [1.29, 1.82) is 0 Å². The lowest BCUT2D eigenvalue weighted by molar-refractivity contribution is -0.148. The van der Waals surface area contributed by atoms with E-state index in [0.717, 1.165) is 24.8 Å². The highest BCUT2D eigenvalue weighted by atomic mass is 16.6. The topological polar surface area (TPSA) is 64.6 Å². The number of nitrogens with one attached hydrogen (secondary N) is 1. The van der Waals surface area contributed by atoms with Crippen LogP contribution in [0.5, 0.6) is 0 Å². The van der Waals surface area contributed by atoms with Gasteiger partial charge in [-0.2, -0.15) is 0 Å². The lowest BCUT2D eigenvalue weighted by Crippen LogP contribution is -2.41. The van der Waals surface area contributed by atoms with Crippen LogP contribution in [0, 0.1) is 0 Å². The normalized spacial score (nSPS) is 21.4. The Balaban J connectivity index is 1.73. The second-order valence-electron chi connectivity index (χ2n) is 5.30. The average Bonchev–Trinajstić information content (AvgIpc) is 2.46. The van der Waals surface area contributed by atoms with E-state index < -0.39 is 6.09 Å². The van der Waals surface area contributed by atoms with E-state index >= 15 is 0 Å². The van der Waals surface area contributed by atoms with Gasteiger partial charge in [0.2, 0.25) is 0 Å². The molecule has 5 heteroatoms. The van der Waals surface area contributed by atoms with Gasteiger partial charge in [0.15, 0.2) is 0 Å². The molecule has 1 aromatic carbocycles. The molecule has 1 aromatic rings. The van der Waals surface area contributed by atoms with Gasteiger partial charge in [-0.1, -0.05) is 30.3 Å². The number of carbonyl (C=O) groups is 2. The van der Waals surface area contributed by atoms with Crippen LogP contribution in [0.15, 0.2) is 30.3 Å². The van der Waals surface area contributed by atoms with Gasteiger partial charge >= 0.3 is 12.1 Å². The molecule has 0 aliphatic heterocycles. The number of hydrogen-bond donors (Lipinski definition) is 1. The van der Waals surface area contributed by atoms with Crippen LogP contribution in [0.25, 0.3) is 0 Å². The molecule has 1 amide bonds. The summed E-state index contributed by atoms with van der Waals surface area (Å²) in [6.07, 6.45) is 2.80. The summed E-state index contributed by atoms with van der Waals surface area (Å²) < 4.78 is 10.4. The van der Waals surface area contributed by atoms with E-state index in [1.54, 1.807) is 0 Å². The standard InChI is InChI=1S/C16H21NO4/c1-12(18)21-15-9-5-8-14(10-15)17-16(19)20-11-13-6-3-2-4-7-13/h2-4,6-7,14-15H,5,8-11H2,1H3,(H,17,19)/t14-,15-/m1/s1. The smallest absolute Gasteiger partial charge is 0.407 e. The van der Waals surface area contributed by atoms with Crippen molar-refractivity contribution in [3.05, 3.63) is 35.9 Å². The number of amides is 1. The van der Waals surface area contributed by atoms with Crippen LogP contribution in [0.4, 0.5) is 4.79 Å². The highest BCUT2D eigenvalue weighted by molar-refractivity contribution is 5.67. The van der Waals surface area contributed by atoms with Gasteiger partial charge in [0.1, 0.15) is 12.7 Å². The van der Waals surface area contributed by atoms with Crippen LogP contribution in [0.3, 0.4) is 0 Å². The maximum Gasteiger partial charge on any atom is 0.407 e. The minimum Gasteiger partial charge on any atom is -0.462 e. The molecule has 5 nitrogen and oxygen atoms in total. The Morgan fingerprint density at radius 2 is 2.00 bits per heavy atom. The number of benzene rings is 1. The predicted molar refractivity (Wildman–Crippen MR) is 77.6 cm³/mol. The van der Waals surface area contributed by atoms with Crippen molar-refractivity contribution in [3.8, 4) is 0 Å². The fraction of sp³-hybridized carbons (Fsp3) is 0.500. The summed E-state index contributed by atoms with van der Waals surface area (Å²) in [6.45, 7) is 1.66. The first kappa shape index (κ1) is 15.4. The van der Waals surface area contributed by atoms with E-state index in [0.29, 0.717) is 6.42 Å². The van der Waals surface area contributed by atoms with Gasteiger partial charge in [0.25, 0.3) is 0 Å². The van der Waals surface area contributed by atoms with Crippen molar-refractivity contribution < 1.29 is 19.1 Å². The Hall–Kier alpha value is -2.04. The lowest BCUT2D eigenvalue weighted by atomic mass is 9.93. The van der Waals surface area contributed by atoms with Gasteiger partial charge in [-0.05, 0) is 24.8 Å². The summed E-state index contributed by atoms with van der Waals surface area (Å²) in [4.78, 5) is 22.7. The van der Waals surface area contributed by atoms with Crippen molar-refractivity contribution >= 4 is 12.1 Å². The lowest BCUT2D eigenvalue weighted by Gasteiger charge is -2.28. The van der Waals surface area contributed by atoms with Crippen LogP contribution in [0.1, 0.15) is 38.2 Å². The Morgan fingerprint density at radius 3 is 2.71 bits per heavy atom. The van der Waals surface area contributed by atoms with Gasteiger partial charge in [-0.3, -0.25) is 4.79 Å². The van der Waals surface area contributed by atoms with E-state index in [1.165, 1.54) is 6.92 Å². The van der Waals surface area contributed by atoms with E-state index in [2.05, 4.69) is 5.32 Å². The zero-order chi connectivity index (χ0) is 15.1. The summed E-state index contributed by atoms with van der Waals surface area (Å²) in [5, 5.41) is 2.84. The minimum absolute atomic E-state index is 0.00590. The Labute approximate surface area is 124 Å². The third kappa shape index (κ3) is 5.45. The molecule has 1 aliphatic rings. The zero-order valence-corrected chi connectivity index (χ0v) is 12.2. The summed E-state index contributed by atoms with van der Waals surface area (Å²) >= 11 is 0. The van der Waals surface area contributed by atoms with Gasteiger partial charge in [0, 0.05) is 19.4 Å². The average molecular weight is 291 g/mol. The van der Waals surface area contributed by atoms with Crippen LogP contribution >= 0.6 is 0 Å². The highest BCUT2D eigenvalue weighted by Crippen LogP contribution is 2.21. The maximum absolute atomic E-state index is 11.8. The number of hydrogen-bond acceptors (Lipinski definition) is 4. The largest absolute Gasteiger partial charge is 0.462 e. The van der Waals surface area contributed by atoms with E-state index in [1.807, 2.05) is 30.3 Å². The molecule has 2 rings (SSSR count). The van der Waals surface area contributed by atoms with Crippen molar-refractivity contribution in [2.75, 3.05) is 0 Å². The van der Waals surface area contributed by atoms with Crippen molar-refractivity contribution in [2.24, 2.45) is 0 Å². The Morgan fingerprint density at radius 1 is 1.24 bits per heavy atom. The van der Waals surface area contributed by atoms with Gasteiger partial charge in [0.05, 0.1) is 0 Å². The summed E-state index contributed by atoms with van der Waals surface area (Å²) in [5.74, 6) is -0.271. The Bertz CT molecular complexity index is 474. The number of ether oxygens (including phenoxy) is 2. The SMILES string of the molecule is CC(=O)O[C@@H]1CCC[C@@H](NC(=O)OCc2ccccc2)C1. The predicted octanol–water partition coefficient (Wildman–Crippen LogP) is 2.79. The maximum atomic E-state index is 11.8. The molecule has 1 N–H and O–H groups in total. The minimum atomic E-state index is -0.424. The van der Waals surface area contributed by atoms with Crippen LogP contribution in [-0.2, 0) is 20.9 Å². The molecule has 21 heavy (non-hydrogen) atoms. The molecule has 0 aromatic heterocycles. The second kappa shape index (κ2) is 7.67. The van der Waals surface area contributed by atoms with Crippen LogP contribution in [-0.4, -0.2) is 24.2 Å². The third-order valence-corrected chi connectivity index (χ3v) is 3.49. The van der Waals surface area contributed by atoms with E-state index in [4.69, 9.17) is 9.47 Å². The molecule has 2 atom stereocenters. The number of carbonyl (C=O) groups excluding carboxylic acids is 2. The van der Waals surface area contributed by atoms with E-state index in [9.17, 15) is 9.59 Å². The summed E-state index contributed by atoms with van der Waals surface area (Å²) in [5.41, 5.74) is 0.953. The molecule has 0 spiro atoms. The molecule has 114 valence electrons. The highest BCUT2D eigenvalue weighted by Gasteiger charge is 2.25. The van der Waals surface area contributed by atoms with Crippen molar-refractivity contribution in [3.63, 3.8) is 0 Å².